The Bertz CT molecular complexity index is 264. The highest BCUT2D eigenvalue weighted by Crippen LogP contribution is 2.10. The average Bonchev–Trinajstić information content (AvgIpc) is 2.59. The molecule has 1 aromatic rings. The summed E-state index contributed by atoms with van der Waals surface area (Å²) in [6, 6.07) is 0.201. The highest BCUT2D eigenvalue weighted by molar-refractivity contribution is 6.30. The van der Waals surface area contributed by atoms with Gasteiger partial charge in [0.2, 0.25) is 0 Å². The highest BCUT2D eigenvalue weighted by Gasteiger charge is 2.10. The van der Waals surface area contributed by atoms with Gasteiger partial charge in [0, 0.05) is 19.9 Å². The molecule has 0 bridgehead atoms. The van der Waals surface area contributed by atoms with Crippen LogP contribution in [0.1, 0.15) is 13.0 Å². The maximum Gasteiger partial charge on any atom is 0.0877 e. The van der Waals surface area contributed by atoms with Gasteiger partial charge in [-0.3, -0.25) is 4.68 Å². The van der Waals surface area contributed by atoms with E-state index in [1.807, 2.05) is 10.9 Å². The zero-order valence-electron chi connectivity index (χ0n) is 8.53. The average molecular weight is 218 g/mol. The molecule has 0 spiro atoms. The van der Waals surface area contributed by atoms with Crippen LogP contribution in [0.4, 0.5) is 0 Å². The lowest BCUT2D eigenvalue weighted by atomic mass is 10.3. The van der Waals surface area contributed by atoms with Crippen LogP contribution in [0.2, 0.25) is 5.02 Å². The topological polar surface area (TPSA) is 39.1 Å². The van der Waals surface area contributed by atoms with E-state index in [1.54, 1.807) is 13.3 Å². The third kappa shape index (κ3) is 3.29. The Morgan fingerprint density at radius 2 is 2.50 bits per heavy atom. The molecule has 0 aliphatic heterocycles. The van der Waals surface area contributed by atoms with Gasteiger partial charge in [0.05, 0.1) is 23.9 Å². The summed E-state index contributed by atoms with van der Waals surface area (Å²) in [5, 5.41) is 8.06. The minimum atomic E-state index is 0.201. The van der Waals surface area contributed by atoms with E-state index in [1.165, 1.54) is 0 Å². The Kier molecular flexibility index (Phi) is 4.93. The Labute approximate surface area is 89.2 Å². The molecule has 0 aromatic carbocycles. The van der Waals surface area contributed by atoms with Crippen molar-refractivity contribution in [3.63, 3.8) is 0 Å². The zero-order valence-corrected chi connectivity index (χ0v) is 9.29. The van der Waals surface area contributed by atoms with Gasteiger partial charge in [0.1, 0.15) is 0 Å². The summed E-state index contributed by atoms with van der Waals surface area (Å²) in [5.74, 6) is 0. The van der Waals surface area contributed by atoms with Crippen molar-refractivity contribution < 1.29 is 4.74 Å². The number of methoxy groups -OCH3 is 1. The van der Waals surface area contributed by atoms with Gasteiger partial charge >= 0.3 is 0 Å². The quantitative estimate of drug-likeness (QED) is 0.782. The second-order valence-corrected chi connectivity index (χ2v) is 3.49. The molecular weight excluding hydrogens is 202 g/mol. The number of hydrogen-bond acceptors (Lipinski definition) is 3. The normalized spacial score (nSPS) is 13.1. The van der Waals surface area contributed by atoms with Crippen LogP contribution in [-0.4, -0.2) is 36.6 Å². The van der Waals surface area contributed by atoms with Crippen molar-refractivity contribution in [3.05, 3.63) is 17.4 Å². The monoisotopic (exact) mass is 217 g/mol. The predicted octanol–water partition coefficient (Wildman–Crippen LogP) is 1.33. The molecule has 0 aliphatic carbocycles. The molecule has 0 saturated carbocycles. The molecule has 1 N–H and O–H groups in total. The third-order valence-corrected chi connectivity index (χ3v) is 2.13. The summed E-state index contributed by atoms with van der Waals surface area (Å²) in [6.07, 6.45) is 3.44. The molecule has 0 aliphatic rings. The van der Waals surface area contributed by atoms with E-state index in [0.29, 0.717) is 11.6 Å². The standard InChI is InChI=1S/C9H16ClN3O/c1-3-11-5-9(7-14-2)13-6-8(10)4-12-13/h4,6,9,11H,3,5,7H2,1-2H3. The van der Waals surface area contributed by atoms with E-state index in [4.69, 9.17) is 16.3 Å². The van der Waals surface area contributed by atoms with Crippen molar-refractivity contribution >= 4 is 11.6 Å². The second kappa shape index (κ2) is 6.01. The third-order valence-electron chi connectivity index (χ3n) is 1.93. The number of rotatable bonds is 6. The summed E-state index contributed by atoms with van der Waals surface area (Å²) in [5.41, 5.74) is 0. The van der Waals surface area contributed by atoms with Crippen molar-refractivity contribution in [1.82, 2.24) is 15.1 Å². The minimum absolute atomic E-state index is 0.201. The van der Waals surface area contributed by atoms with Crippen LogP contribution >= 0.6 is 11.6 Å². The number of likely N-dealkylation sites (N-methyl/N-ethyl adjacent to an activating group) is 1. The number of nitrogens with one attached hydrogen (secondary N) is 1. The SMILES string of the molecule is CCNCC(COC)n1cc(Cl)cn1. The highest BCUT2D eigenvalue weighted by atomic mass is 35.5. The lowest BCUT2D eigenvalue weighted by Crippen LogP contribution is -2.28. The molecule has 0 saturated heterocycles. The van der Waals surface area contributed by atoms with Crippen molar-refractivity contribution in [1.29, 1.82) is 0 Å². The largest absolute Gasteiger partial charge is 0.382 e. The zero-order chi connectivity index (χ0) is 10.4. The Morgan fingerprint density at radius 1 is 1.71 bits per heavy atom. The van der Waals surface area contributed by atoms with Gasteiger partial charge < -0.3 is 10.1 Å². The molecule has 80 valence electrons. The summed E-state index contributed by atoms with van der Waals surface area (Å²) in [4.78, 5) is 0. The Morgan fingerprint density at radius 3 is 3.00 bits per heavy atom. The fraction of sp³-hybridized carbons (Fsp3) is 0.667. The van der Waals surface area contributed by atoms with Gasteiger partial charge in [0.25, 0.3) is 0 Å². The van der Waals surface area contributed by atoms with Crippen LogP contribution in [0, 0.1) is 0 Å². The second-order valence-electron chi connectivity index (χ2n) is 3.06. The first kappa shape index (κ1) is 11.5. The summed E-state index contributed by atoms with van der Waals surface area (Å²) in [7, 11) is 1.68. The first-order valence-corrected chi connectivity index (χ1v) is 5.05. The molecule has 0 radical (unpaired) electrons. The molecule has 1 unspecified atom stereocenters. The van der Waals surface area contributed by atoms with E-state index in [-0.39, 0.29) is 6.04 Å². The van der Waals surface area contributed by atoms with Crippen LogP contribution in [-0.2, 0) is 4.74 Å². The number of ether oxygens (including phenoxy) is 1. The Hall–Kier alpha value is -0.580. The lowest BCUT2D eigenvalue weighted by Gasteiger charge is -2.16. The van der Waals surface area contributed by atoms with Gasteiger partial charge in [-0.15, -0.1) is 0 Å². The van der Waals surface area contributed by atoms with Gasteiger partial charge in [-0.25, -0.2) is 0 Å². The van der Waals surface area contributed by atoms with E-state index < -0.39 is 0 Å². The van der Waals surface area contributed by atoms with Crippen molar-refractivity contribution in [3.8, 4) is 0 Å². The number of nitrogens with zero attached hydrogens (tertiary/aromatic N) is 2. The van der Waals surface area contributed by atoms with Crippen LogP contribution in [0.25, 0.3) is 0 Å². The van der Waals surface area contributed by atoms with Crippen LogP contribution in [0.3, 0.4) is 0 Å². The van der Waals surface area contributed by atoms with Gasteiger partial charge in [-0.05, 0) is 6.54 Å². The van der Waals surface area contributed by atoms with Gasteiger partial charge in [-0.1, -0.05) is 18.5 Å². The molecular formula is C9H16ClN3O. The molecule has 0 amide bonds. The molecule has 1 aromatic heterocycles. The smallest absolute Gasteiger partial charge is 0.0877 e. The summed E-state index contributed by atoms with van der Waals surface area (Å²) in [6.45, 7) is 4.47. The van der Waals surface area contributed by atoms with E-state index >= 15 is 0 Å². The fourth-order valence-corrected chi connectivity index (χ4v) is 1.39. The van der Waals surface area contributed by atoms with E-state index in [9.17, 15) is 0 Å². The van der Waals surface area contributed by atoms with Crippen molar-refractivity contribution in [2.45, 2.75) is 13.0 Å². The molecule has 1 atom stereocenters. The molecule has 1 rings (SSSR count). The number of aromatic nitrogens is 2. The van der Waals surface area contributed by atoms with Gasteiger partial charge in [0.15, 0.2) is 0 Å². The first-order valence-electron chi connectivity index (χ1n) is 4.67. The molecule has 0 fully saturated rings. The minimum Gasteiger partial charge on any atom is -0.382 e. The van der Waals surface area contributed by atoms with Crippen molar-refractivity contribution in [2.75, 3.05) is 26.8 Å². The van der Waals surface area contributed by atoms with Crippen molar-refractivity contribution in [2.24, 2.45) is 0 Å². The van der Waals surface area contributed by atoms with E-state index in [0.717, 1.165) is 13.1 Å². The maximum atomic E-state index is 5.79. The van der Waals surface area contributed by atoms with E-state index in [2.05, 4.69) is 17.3 Å². The molecule has 5 heteroatoms. The lowest BCUT2D eigenvalue weighted by molar-refractivity contribution is 0.148. The Balaban J connectivity index is 2.57. The van der Waals surface area contributed by atoms with Crippen LogP contribution < -0.4 is 5.32 Å². The number of hydrogen-bond donors (Lipinski definition) is 1. The van der Waals surface area contributed by atoms with Crippen LogP contribution in [0.5, 0.6) is 0 Å². The summed E-state index contributed by atoms with van der Waals surface area (Å²) >= 11 is 5.79. The first-order chi connectivity index (χ1) is 6.77. The molecule has 4 nitrogen and oxygen atoms in total. The summed E-state index contributed by atoms with van der Waals surface area (Å²) < 4.78 is 6.95. The number of halogens is 1. The van der Waals surface area contributed by atoms with Gasteiger partial charge in [-0.2, -0.15) is 5.10 Å². The predicted molar refractivity (Wildman–Crippen MR) is 56.7 cm³/mol. The molecule has 14 heavy (non-hydrogen) atoms. The molecule has 1 heterocycles. The fourth-order valence-electron chi connectivity index (χ4n) is 1.25. The van der Waals surface area contributed by atoms with Crippen LogP contribution in [0.15, 0.2) is 12.4 Å². The maximum absolute atomic E-state index is 5.79.